The average Bonchev–Trinajstić information content (AvgIpc) is 2.25. The summed E-state index contributed by atoms with van der Waals surface area (Å²) >= 11 is 1.29. The second kappa shape index (κ2) is 6.40. The van der Waals surface area contributed by atoms with Gasteiger partial charge in [0.1, 0.15) is 16.6 Å². The normalized spacial score (nSPS) is 12.3. The molecule has 0 saturated heterocycles. The third kappa shape index (κ3) is 4.29. The van der Waals surface area contributed by atoms with Gasteiger partial charge in [-0.05, 0) is 12.5 Å². The van der Waals surface area contributed by atoms with Gasteiger partial charge < -0.3 is 5.11 Å². The smallest absolute Gasteiger partial charge is 0.317 e. The second-order valence-electron chi connectivity index (χ2n) is 3.13. The summed E-state index contributed by atoms with van der Waals surface area (Å²) in [6.45, 7) is 2.05. The van der Waals surface area contributed by atoms with Crippen LogP contribution < -0.4 is 0 Å². The maximum absolute atomic E-state index is 10.9. The van der Waals surface area contributed by atoms with Gasteiger partial charge in [0.2, 0.25) is 0 Å². The van der Waals surface area contributed by atoms with Gasteiger partial charge in [0.05, 0.1) is 0 Å². The number of carboxylic acid groups (broad SMARTS) is 1. The maximum atomic E-state index is 10.9. The Hall–Kier alpha value is -1.10. The Morgan fingerprint density at radius 1 is 1.67 bits per heavy atom. The van der Waals surface area contributed by atoms with Crippen molar-refractivity contribution in [2.45, 2.75) is 36.5 Å². The number of rotatable bonds is 6. The molecule has 0 spiro atoms. The Labute approximate surface area is 93.1 Å². The van der Waals surface area contributed by atoms with Crippen LogP contribution in [0.5, 0.6) is 0 Å². The summed E-state index contributed by atoms with van der Waals surface area (Å²) < 4.78 is 0. The van der Waals surface area contributed by atoms with Gasteiger partial charge in [0.25, 0.3) is 0 Å². The van der Waals surface area contributed by atoms with Crippen molar-refractivity contribution in [2.24, 2.45) is 0 Å². The van der Waals surface area contributed by atoms with Crippen LogP contribution in [0.4, 0.5) is 0 Å². The van der Waals surface area contributed by atoms with Crippen LogP contribution in [0.25, 0.3) is 0 Å². The molecule has 1 atom stereocenters. The number of unbranched alkanes of at least 4 members (excludes halogenated alkanes) is 1. The first-order chi connectivity index (χ1) is 7.24. The third-order valence-electron chi connectivity index (χ3n) is 1.91. The van der Waals surface area contributed by atoms with E-state index in [0.717, 1.165) is 12.8 Å². The molecule has 1 aromatic heterocycles. The first-order valence-electron chi connectivity index (χ1n) is 4.89. The lowest BCUT2D eigenvalue weighted by Gasteiger charge is -2.09. The standard InChI is InChI=1S/C10H14N2O2S/c1-2-3-4-8(10(13)14)15-9-5-6-11-7-12-9/h5-8H,2-4H2,1H3,(H,13,14). The molecule has 1 heterocycles. The fourth-order valence-electron chi connectivity index (χ4n) is 1.12. The molecule has 1 rings (SSSR count). The van der Waals surface area contributed by atoms with Gasteiger partial charge in [-0.15, -0.1) is 0 Å². The van der Waals surface area contributed by atoms with Crippen molar-refractivity contribution in [3.63, 3.8) is 0 Å². The lowest BCUT2D eigenvalue weighted by atomic mass is 10.2. The number of carboxylic acids is 1. The van der Waals surface area contributed by atoms with E-state index >= 15 is 0 Å². The highest BCUT2D eigenvalue weighted by atomic mass is 32.2. The first-order valence-corrected chi connectivity index (χ1v) is 5.77. The van der Waals surface area contributed by atoms with E-state index in [-0.39, 0.29) is 0 Å². The molecule has 0 aromatic carbocycles. The topological polar surface area (TPSA) is 63.1 Å². The van der Waals surface area contributed by atoms with Crippen molar-refractivity contribution in [3.05, 3.63) is 18.6 Å². The number of carbonyl (C=O) groups is 1. The summed E-state index contributed by atoms with van der Waals surface area (Å²) in [6, 6.07) is 1.73. The number of hydrogen-bond acceptors (Lipinski definition) is 4. The van der Waals surface area contributed by atoms with E-state index < -0.39 is 11.2 Å². The van der Waals surface area contributed by atoms with Gasteiger partial charge in [-0.1, -0.05) is 31.5 Å². The van der Waals surface area contributed by atoms with E-state index in [1.165, 1.54) is 18.1 Å². The van der Waals surface area contributed by atoms with Crippen LogP contribution in [0.3, 0.4) is 0 Å². The number of aromatic nitrogens is 2. The highest BCUT2D eigenvalue weighted by molar-refractivity contribution is 8.00. The summed E-state index contributed by atoms with van der Waals surface area (Å²) in [7, 11) is 0. The summed E-state index contributed by atoms with van der Waals surface area (Å²) in [6.07, 6.45) is 5.67. The summed E-state index contributed by atoms with van der Waals surface area (Å²) in [4.78, 5) is 18.7. The van der Waals surface area contributed by atoms with Crippen LogP contribution in [0.2, 0.25) is 0 Å². The van der Waals surface area contributed by atoms with Crippen LogP contribution in [0.15, 0.2) is 23.6 Å². The molecule has 0 amide bonds. The molecule has 0 aliphatic carbocycles. The van der Waals surface area contributed by atoms with Crippen molar-refractivity contribution >= 4 is 17.7 Å². The fourth-order valence-corrected chi connectivity index (χ4v) is 2.04. The molecule has 0 radical (unpaired) electrons. The molecular weight excluding hydrogens is 212 g/mol. The molecule has 1 N–H and O–H groups in total. The molecule has 0 saturated carbocycles. The molecule has 82 valence electrons. The van der Waals surface area contributed by atoms with Crippen molar-refractivity contribution in [1.29, 1.82) is 0 Å². The zero-order valence-electron chi connectivity index (χ0n) is 8.59. The van der Waals surface area contributed by atoms with Gasteiger partial charge in [-0.2, -0.15) is 0 Å². The monoisotopic (exact) mass is 226 g/mol. The molecule has 0 aliphatic rings. The van der Waals surface area contributed by atoms with Gasteiger partial charge in [0.15, 0.2) is 0 Å². The molecule has 1 unspecified atom stereocenters. The Morgan fingerprint density at radius 3 is 3.00 bits per heavy atom. The first kappa shape index (κ1) is 12.0. The molecule has 1 aromatic rings. The Morgan fingerprint density at radius 2 is 2.47 bits per heavy atom. The predicted octanol–water partition coefficient (Wildman–Crippen LogP) is 2.21. The zero-order valence-corrected chi connectivity index (χ0v) is 9.41. The summed E-state index contributed by atoms with van der Waals surface area (Å²) in [5.41, 5.74) is 0. The fraction of sp³-hybridized carbons (Fsp3) is 0.500. The van der Waals surface area contributed by atoms with Gasteiger partial charge in [-0.25, -0.2) is 9.97 Å². The van der Waals surface area contributed by atoms with Crippen LogP contribution in [0.1, 0.15) is 26.2 Å². The molecule has 5 heteroatoms. The lowest BCUT2D eigenvalue weighted by molar-refractivity contribution is -0.136. The number of hydrogen-bond donors (Lipinski definition) is 1. The Balaban J connectivity index is 2.55. The number of thioether (sulfide) groups is 1. The van der Waals surface area contributed by atoms with Crippen molar-refractivity contribution < 1.29 is 9.90 Å². The Kier molecular flexibility index (Phi) is 5.10. The highest BCUT2D eigenvalue weighted by Gasteiger charge is 2.18. The van der Waals surface area contributed by atoms with Gasteiger partial charge in [-0.3, -0.25) is 4.79 Å². The van der Waals surface area contributed by atoms with E-state index in [4.69, 9.17) is 5.11 Å². The van der Waals surface area contributed by atoms with Crippen molar-refractivity contribution in [2.75, 3.05) is 0 Å². The molecule has 4 nitrogen and oxygen atoms in total. The van der Waals surface area contributed by atoms with E-state index in [1.54, 1.807) is 12.3 Å². The predicted molar refractivity (Wildman–Crippen MR) is 58.8 cm³/mol. The summed E-state index contributed by atoms with van der Waals surface area (Å²) in [5, 5.41) is 9.31. The minimum Gasteiger partial charge on any atom is -0.480 e. The molecule has 0 fully saturated rings. The minimum absolute atomic E-state index is 0.403. The minimum atomic E-state index is -0.771. The molecule has 15 heavy (non-hydrogen) atoms. The Bertz CT molecular complexity index is 306. The molecule has 0 aliphatic heterocycles. The van der Waals surface area contributed by atoms with Crippen molar-refractivity contribution in [1.82, 2.24) is 9.97 Å². The molecule has 0 bridgehead atoms. The zero-order chi connectivity index (χ0) is 11.1. The number of aliphatic carboxylic acids is 1. The van der Waals surface area contributed by atoms with E-state index in [2.05, 4.69) is 9.97 Å². The average molecular weight is 226 g/mol. The largest absolute Gasteiger partial charge is 0.480 e. The van der Waals surface area contributed by atoms with Crippen LogP contribution in [-0.4, -0.2) is 26.3 Å². The maximum Gasteiger partial charge on any atom is 0.317 e. The quantitative estimate of drug-likeness (QED) is 0.595. The van der Waals surface area contributed by atoms with Gasteiger partial charge in [0, 0.05) is 6.20 Å². The second-order valence-corrected chi connectivity index (χ2v) is 4.36. The highest BCUT2D eigenvalue weighted by Crippen LogP contribution is 2.24. The van der Waals surface area contributed by atoms with Crippen molar-refractivity contribution in [3.8, 4) is 0 Å². The SMILES string of the molecule is CCCCC(Sc1ccncn1)C(=O)O. The number of nitrogens with zero attached hydrogens (tertiary/aromatic N) is 2. The van der Waals surface area contributed by atoms with Crippen LogP contribution in [0, 0.1) is 0 Å². The van der Waals surface area contributed by atoms with E-state index in [0.29, 0.717) is 11.4 Å². The molecular formula is C10H14N2O2S. The van der Waals surface area contributed by atoms with E-state index in [1.807, 2.05) is 6.92 Å². The summed E-state index contributed by atoms with van der Waals surface area (Å²) in [5.74, 6) is -0.771. The van der Waals surface area contributed by atoms with Crippen LogP contribution in [-0.2, 0) is 4.79 Å². The van der Waals surface area contributed by atoms with E-state index in [9.17, 15) is 4.79 Å². The lowest BCUT2D eigenvalue weighted by Crippen LogP contribution is -2.16. The van der Waals surface area contributed by atoms with Gasteiger partial charge >= 0.3 is 5.97 Å². The third-order valence-corrected chi connectivity index (χ3v) is 3.12. The van der Waals surface area contributed by atoms with Crippen LogP contribution >= 0.6 is 11.8 Å².